The van der Waals surface area contributed by atoms with Gasteiger partial charge in [0.25, 0.3) is 0 Å². The molecule has 1 aromatic carbocycles. The minimum atomic E-state index is 0.0161. The third-order valence-corrected chi connectivity index (χ3v) is 3.25. The fourth-order valence-corrected chi connectivity index (χ4v) is 2.35. The predicted molar refractivity (Wildman–Crippen MR) is 67.1 cm³/mol. The second kappa shape index (κ2) is 5.04. The van der Waals surface area contributed by atoms with Crippen molar-refractivity contribution in [2.24, 2.45) is 0 Å². The van der Waals surface area contributed by atoms with Gasteiger partial charge in [-0.05, 0) is 24.1 Å². The molecule has 1 aromatic rings. The first-order valence-corrected chi connectivity index (χ1v) is 5.80. The molecule has 0 spiro atoms. The van der Waals surface area contributed by atoms with Crippen LogP contribution in [0.5, 0.6) is 5.75 Å². The van der Waals surface area contributed by atoms with Crippen molar-refractivity contribution in [3.63, 3.8) is 0 Å². The number of benzene rings is 1. The topological polar surface area (TPSA) is 29.5 Å². The monoisotopic (exact) mass is 231 g/mol. The van der Waals surface area contributed by atoms with Gasteiger partial charge in [-0.15, -0.1) is 0 Å². The smallest absolute Gasteiger partial charge is 0.245 e. The van der Waals surface area contributed by atoms with E-state index in [2.05, 4.69) is 12.6 Å². The summed E-state index contributed by atoms with van der Waals surface area (Å²) in [6.07, 6.45) is 2.37. The molecule has 1 fully saturated rings. The third-order valence-electron chi connectivity index (χ3n) is 3.25. The first-order chi connectivity index (χ1) is 8.26. The number of ether oxygens (including phenoxy) is 1. The van der Waals surface area contributed by atoms with Crippen LogP contribution in [0.15, 0.2) is 36.9 Å². The van der Waals surface area contributed by atoms with Crippen LogP contribution in [-0.4, -0.2) is 31.0 Å². The quantitative estimate of drug-likeness (QED) is 0.746. The average molecular weight is 231 g/mol. The molecule has 0 aromatic heterocycles. The van der Waals surface area contributed by atoms with Crippen LogP contribution in [0, 0.1) is 0 Å². The molecule has 0 radical (unpaired) electrons. The molecular weight excluding hydrogens is 214 g/mol. The zero-order chi connectivity index (χ0) is 12.3. The summed E-state index contributed by atoms with van der Waals surface area (Å²) < 4.78 is 5.36. The third kappa shape index (κ3) is 2.33. The van der Waals surface area contributed by atoms with E-state index < -0.39 is 0 Å². The number of likely N-dealkylation sites (tertiary alicyclic amines) is 1. The lowest BCUT2D eigenvalue weighted by molar-refractivity contribution is -0.125. The number of hydrogen-bond donors (Lipinski definition) is 0. The van der Waals surface area contributed by atoms with E-state index in [1.54, 1.807) is 7.11 Å². The van der Waals surface area contributed by atoms with Gasteiger partial charge in [0.2, 0.25) is 5.91 Å². The van der Waals surface area contributed by atoms with Gasteiger partial charge in [-0.1, -0.05) is 24.8 Å². The van der Waals surface area contributed by atoms with Crippen molar-refractivity contribution < 1.29 is 9.53 Å². The zero-order valence-corrected chi connectivity index (χ0v) is 10.1. The lowest BCUT2D eigenvalue weighted by Gasteiger charge is -2.16. The fraction of sp³-hybridized carbons (Fsp3) is 0.357. The van der Waals surface area contributed by atoms with Crippen LogP contribution in [0.25, 0.3) is 0 Å². The van der Waals surface area contributed by atoms with E-state index in [1.807, 2.05) is 23.1 Å². The Kier molecular flexibility index (Phi) is 3.47. The van der Waals surface area contributed by atoms with Crippen LogP contribution in [0.3, 0.4) is 0 Å². The Bertz CT molecular complexity index is 428. The van der Waals surface area contributed by atoms with Crippen molar-refractivity contribution in [2.45, 2.75) is 12.3 Å². The molecule has 2 rings (SSSR count). The van der Waals surface area contributed by atoms with Crippen LogP contribution in [0.4, 0.5) is 0 Å². The minimum Gasteiger partial charge on any atom is -0.496 e. The second-order valence-electron chi connectivity index (χ2n) is 4.22. The number of carbonyl (C=O) groups is 1. The number of amides is 1. The van der Waals surface area contributed by atoms with Crippen LogP contribution in [0.1, 0.15) is 17.9 Å². The molecule has 17 heavy (non-hydrogen) atoms. The summed E-state index contributed by atoms with van der Waals surface area (Å²) in [4.78, 5) is 13.4. The lowest BCUT2D eigenvalue weighted by Crippen LogP contribution is -2.26. The molecule has 1 unspecified atom stereocenters. The highest BCUT2D eigenvalue weighted by Gasteiger charge is 2.27. The van der Waals surface area contributed by atoms with Gasteiger partial charge in [0, 0.05) is 19.0 Å². The minimum absolute atomic E-state index is 0.0161. The van der Waals surface area contributed by atoms with Crippen molar-refractivity contribution in [1.29, 1.82) is 0 Å². The Hall–Kier alpha value is -1.77. The van der Waals surface area contributed by atoms with Gasteiger partial charge in [-0.2, -0.15) is 0 Å². The van der Waals surface area contributed by atoms with Gasteiger partial charge in [0.05, 0.1) is 7.11 Å². The molecule has 1 aliphatic heterocycles. The summed E-state index contributed by atoms with van der Waals surface area (Å²) in [5.41, 5.74) is 1.19. The normalized spacial score (nSPS) is 19.1. The lowest BCUT2D eigenvalue weighted by atomic mass is 9.97. The molecule has 0 aliphatic carbocycles. The standard InChI is InChI=1S/C14H17NO2/c1-3-14(16)15-9-8-11(10-15)12-6-4-5-7-13(12)17-2/h3-7,11H,1,8-10H2,2H3. The Labute approximate surface area is 102 Å². The molecule has 3 heteroatoms. The van der Waals surface area contributed by atoms with E-state index in [1.165, 1.54) is 11.6 Å². The van der Waals surface area contributed by atoms with Gasteiger partial charge in [-0.3, -0.25) is 4.79 Å². The highest BCUT2D eigenvalue weighted by Crippen LogP contribution is 2.33. The van der Waals surface area contributed by atoms with E-state index in [-0.39, 0.29) is 5.91 Å². The number of para-hydroxylation sites is 1. The maximum absolute atomic E-state index is 11.5. The first kappa shape index (κ1) is 11.7. The molecule has 1 amide bonds. The van der Waals surface area contributed by atoms with Crippen LogP contribution in [-0.2, 0) is 4.79 Å². The summed E-state index contributed by atoms with van der Waals surface area (Å²) in [6.45, 7) is 5.08. The summed E-state index contributed by atoms with van der Waals surface area (Å²) in [5, 5.41) is 0. The van der Waals surface area contributed by atoms with Crippen molar-refractivity contribution in [3.05, 3.63) is 42.5 Å². The summed E-state index contributed by atoms with van der Waals surface area (Å²) in [7, 11) is 1.68. The average Bonchev–Trinajstić information content (AvgIpc) is 2.87. The van der Waals surface area contributed by atoms with Gasteiger partial charge in [0.15, 0.2) is 0 Å². The molecule has 0 bridgehead atoms. The largest absolute Gasteiger partial charge is 0.496 e. The van der Waals surface area contributed by atoms with Gasteiger partial charge >= 0.3 is 0 Å². The second-order valence-corrected chi connectivity index (χ2v) is 4.22. The Morgan fingerprint density at radius 3 is 3.00 bits per heavy atom. The summed E-state index contributed by atoms with van der Waals surface area (Å²) in [5.74, 6) is 1.29. The Morgan fingerprint density at radius 1 is 1.53 bits per heavy atom. The molecule has 1 heterocycles. The Balaban J connectivity index is 2.15. The van der Waals surface area contributed by atoms with E-state index in [9.17, 15) is 4.79 Å². The molecule has 1 aliphatic rings. The van der Waals surface area contributed by atoms with Crippen molar-refractivity contribution in [2.75, 3.05) is 20.2 Å². The highest BCUT2D eigenvalue weighted by atomic mass is 16.5. The van der Waals surface area contributed by atoms with E-state index in [0.29, 0.717) is 5.92 Å². The zero-order valence-electron chi connectivity index (χ0n) is 10.1. The van der Waals surface area contributed by atoms with Crippen molar-refractivity contribution in [3.8, 4) is 5.75 Å². The van der Waals surface area contributed by atoms with E-state index in [0.717, 1.165) is 25.3 Å². The van der Waals surface area contributed by atoms with Crippen LogP contribution >= 0.6 is 0 Å². The van der Waals surface area contributed by atoms with Crippen LogP contribution < -0.4 is 4.74 Å². The van der Waals surface area contributed by atoms with Gasteiger partial charge in [-0.25, -0.2) is 0 Å². The number of hydrogen-bond acceptors (Lipinski definition) is 2. The maximum atomic E-state index is 11.5. The molecule has 90 valence electrons. The van der Waals surface area contributed by atoms with Gasteiger partial charge in [0.1, 0.15) is 5.75 Å². The number of methoxy groups -OCH3 is 1. The molecular formula is C14H17NO2. The van der Waals surface area contributed by atoms with Gasteiger partial charge < -0.3 is 9.64 Å². The number of carbonyl (C=O) groups excluding carboxylic acids is 1. The number of rotatable bonds is 3. The van der Waals surface area contributed by atoms with Crippen molar-refractivity contribution in [1.82, 2.24) is 4.90 Å². The fourth-order valence-electron chi connectivity index (χ4n) is 2.35. The molecule has 1 atom stereocenters. The highest BCUT2D eigenvalue weighted by molar-refractivity contribution is 5.87. The van der Waals surface area contributed by atoms with E-state index in [4.69, 9.17) is 4.74 Å². The molecule has 0 saturated carbocycles. The number of nitrogens with zero attached hydrogens (tertiary/aromatic N) is 1. The van der Waals surface area contributed by atoms with Crippen molar-refractivity contribution >= 4 is 5.91 Å². The molecule has 3 nitrogen and oxygen atoms in total. The molecule has 1 saturated heterocycles. The predicted octanol–water partition coefficient (Wildman–Crippen LogP) is 2.20. The summed E-state index contributed by atoms with van der Waals surface area (Å²) >= 11 is 0. The first-order valence-electron chi connectivity index (χ1n) is 5.80. The van der Waals surface area contributed by atoms with E-state index >= 15 is 0 Å². The SMILES string of the molecule is C=CC(=O)N1CCC(c2ccccc2OC)C1. The molecule has 0 N–H and O–H groups in total. The summed E-state index contributed by atoms with van der Waals surface area (Å²) in [6, 6.07) is 8.01. The Morgan fingerprint density at radius 2 is 2.29 bits per heavy atom. The maximum Gasteiger partial charge on any atom is 0.245 e. The van der Waals surface area contributed by atoms with Crippen LogP contribution in [0.2, 0.25) is 0 Å².